The molecule has 2 heterocycles. The summed E-state index contributed by atoms with van der Waals surface area (Å²) in [6, 6.07) is 9.35. The molecule has 1 aromatic carbocycles. The standard InChI is InChI=1S/C20H23N7O/c1-14-16-8-5-9-17(16)24-19(23-14)10-11-21-20(28)18(27-13-22-25-26-27)12-15-6-3-2-4-7-15/h2-4,6-7,13,18H,5,8-12H2,1H3,(H,21,28)/t18-/m1/s1. The molecule has 1 N–H and O–H groups in total. The molecular weight excluding hydrogens is 354 g/mol. The summed E-state index contributed by atoms with van der Waals surface area (Å²) >= 11 is 0. The lowest BCUT2D eigenvalue weighted by atomic mass is 10.1. The third-order valence-electron chi connectivity index (χ3n) is 5.09. The quantitative estimate of drug-likeness (QED) is 0.668. The van der Waals surface area contributed by atoms with E-state index in [0.717, 1.165) is 36.3 Å². The van der Waals surface area contributed by atoms with E-state index in [2.05, 4.69) is 30.8 Å². The first-order valence-electron chi connectivity index (χ1n) is 9.60. The first kappa shape index (κ1) is 18.2. The molecule has 3 aromatic rings. The van der Waals surface area contributed by atoms with Gasteiger partial charge in [-0.3, -0.25) is 4.79 Å². The van der Waals surface area contributed by atoms with E-state index in [0.29, 0.717) is 19.4 Å². The van der Waals surface area contributed by atoms with Crippen molar-refractivity contribution in [2.75, 3.05) is 6.54 Å². The van der Waals surface area contributed by atoms with Crippen LogP contribution in [0.5, 0.6) is 0 Å². The fourth-order valence-corrected chi connectivity index (χ4v) is 3.66. The molecule has 1 aliphatic carbocycles. The van der Waals surface area contributed by atoms with Crippen LogP contribution >= 0.6 is 0 Å². The zero-order valence-electron chi connectivity index (χ0n) is 15.9. The number of amides is 1. The molecule has 1 aliphatic rings. The smallest absolute Gasteiger partial charge is 0.245 e. The number of hydrogen-bond acceptors (Lipinski definition) is 6. The van der Waals surface area contributed by atoms with Crippen LogP contribution in [0.4, 0.5) is 0 Å². The zero-order valence-corrected chi connectivity index (χ0v) is 15.9. The summed E-state index contributed by atoms with van der Waals surface area (Å²) in [4.78, 5) is 22.1. The fraction of sp³-hybridized carbons (Fsp3) is 0.400. The second-order valence-corrected chi connectivity index (χ2v) is 7.04. The first-order valence-corrected chi connectivity index (χ1v) is 9.60. The van der Waals surface area contributed by atoms with Gasteiger partial charge in [-0.05, 0) is 47.7 Å². The summed E-state index contributed by atoms with van der Waals surface area (Å²) in [5.74, 6) is 0.675. The van der Waals surface area contributed by atoms with Crippen LogP contribution < -0.4 is 5.32 Å². The van der Waals surface area contributed by atoms with Gasteiger partial charge in [-0.1, -0.05) is 30.3 Å². The van der Waals surface area contributed by atoms with Crippen molar-refractivity contribution in [3.05, 3.63) is 65.0 Å². The molecule has 8 nitrogen and oxygen atoms in total. The number of aryl methyl sites for hydroxylation is 2. The van der Waals surface area contributed by atoms with Gasteiger partial charge in [-0.25, -0.2) is 14.6 Å². The van der Waals surface area contributed by atoms with Gasteiger partial charge in [0.05, 0.1) is 0 Å². The average molecular weight is 377 g/mol. The molecule has 28 heavy (non-hydrogen) atoms. The Bertz CT molecular complexity index is 941. The Labute approximate surface area is 163 Å². The van der Waals surface area contributed by atoms with Gasteiger partial charge >= 0.3 is 0 Å². The average Bonchev–Trinajstić information content (AvgIpc) is 3.39. The minimum absolute atomic E-state index is 0.117. The van der Waals surface area contributed by atoms with E-state index in [9.17, 15) is 4.79 Å². The maximum Gasteiger partial charge on any atom is 0.245 e. The molecule has 8 heteroatoms. The summed E-state index contributed by atoms with van der Waals surface area (Å²) < 4.78 is 1.50. The van der Waals surface area contributed by atoms with Crippen molar-refractivity contribution >= 4 is 5.91 Å². The van der Waals surface area contributed by atoms with Crippen molar-refractivity contribution in [1.29, 1.82) is 0 Å². The molecule has 0 radical (unpaired) electrons. The monoisotopic (exact) mass is 377 g/mol. The molecule has 0 spiro atoms. The Kier molecular flexibility index (Phi) is 5.36. The van der Waals surface area contributed by atoms with Crippen LogP contribution in [-0.4, -0.2) is 42.6 Å². The van der Waals surface area contributed by atoms with E-state index in [1.807, 2.05) is 37.3 Å². The van der Waals surface area contributed by atoms with Crippen LogP contribution in [0.2, 0.25) is 0 Å². The molecule has 0 fully saturated rings. The van der Waals surface area contributed by atoms with Crippen LogP contribution in [-0.2, 0) is 30.5 Å². The highest BCUT2D eigenvalue weighted by Gasteiger charge is 2.22. The molecule has 4 rings (SSSR count). The number of nitrogens with zero attached hydrogens (tertiary/aromatic N) is 6. The number of hydrogen-bond donors (Lipinski definition) is 1. The van der Waals surface area contributed by atoms with Crippen molar-refractivity contribution in [2.24, 2.45) is 0 Å². The summed E-state index contributed by atoms with van der Waals surface area (Å²) in [7, 11) is 0. The highest BCUT2D eigenvalue weighted by molar-refractivity contribution is 5.80. The summed E-state index contributed by atoms with van der Waals surface area (Å²) in [5, 5.41) is 14.3. The van der Waals surface area contributed by atoms with E-state index in [1.165, 1.54) is 22.3 Å². The highest BCUT2D eigenvalue weighted by atomic mass is 16.2. The molecule has 0 bridgehead atoms. The lowest BCUT2D eigenvalue weighted by Crippen LogP contribution is -2.35. The van der Waals surface area contributed by atoms with E-state index in [-0.39, 0.29) is 5.91 Å². The van der Waals surface area contributed by atoms with Crippen LogP contribution in [0.1, 0.15) is 40.8 Å². The number of carbonyl (C=O) groups is 1. The number of fused-ring (bicyclic) bond motifs is 1. The predicted molar refractivity (Wildman–Crippen MR) is 103 cm³/mol. The topological polar surface area (TPSA) is 98.5 Å². The third kappa shape index (κ3) is 4.05. The van der Waals surface area contributed by atoms with Gasteiger partial charge in [0.15, 0.2) is 0 Å². The normalized spacial score (nSPS) is 13.9. The van der Waals surface area contributed by atoms with Crippen molar-refractivity contribution < 1.29 is 4.79 Å². The molecule has 2 aromatic heterocycles. The summed E-state index contributed by atoms with van der Waals surface area (Å²) in [6.07, 6.45) is 5.85. The lowest BCUT2D eigenvalue weighted by Gasteiger charge is -2.16. The number of carbonyl (C=O) groups excluding carboxylic acids is 1. The number of nitrogens with one attached hydrogen (secondary N) is 1. The third-order valence-corrected chi connectivity index (χ3v) is 5.09. The maximum absolute atomic E-state index is 12.8. The van der Waals surface area contributed by atoms with Gasteiger partial charge < -0.3 is 5.32 Å². The minimum Gasteiger partial charge on any atom is -0.354 e. The Morgan fingerprint density at radius 2 is 2.07 bits per heavy atom. The van der Waals surface area contributed by atoms with Crippen molar-refractivity contribution in [3.8, 4) is 0 Å². The van der Waals surface area contributed by atoms with Crippen LogP contribution in [0.25, 0.3) is 0 Å². The van der Waals surface area contributed by atoms with Crippen molar-refractivity contribution in [2.45, 2.75) is 45.1 Å². The zero-order chi connectivity index (χ0) is 19.3. The number of benzene rings is 1. The van der Waals surface area contributed by atoms with Crippen LogP contribution in [0.3, 0.4) is 0 Å². The Morgan fingerprint density at radius 3 is 2.86 bits per heavy atom. The second-order valence-electron chi connectivity index (χ2n) is 7.04. The highest BCUT2D eigenvalue weighted by Crippen LogP contribution is 2.22. The SMILES string of the molecule is Cc1nc(CCNC(=O)[C@@H](Cc2ccccc2)n2cnnn2)nc2c1CCC2. The molecule has 0 aliphatic heterocycles. The number of tetrazole rings is 1. The maximum atomic E-state index is 12.8. The molecule has 1 atom stereocenters. The summed E-state index contributed by atoms with van der Waals surface area (Å²) in [6.45, 7) is 2.52. The molecule has 144 valence electrons. The number of rotatable bonds is 7. The van der Waals surface area contributed by atoms with Gasteiger partial charge in [0, 0.05) is 30.8 Å². The van der Waals surface area contributed by atoms with Gasteiger partial charge in [0.25, 0.3) is 0 Å². The Morgan fingerprint density at radius 1 is 1.21 bits per heavy atom. The molecular formula is C20H23N7O. The van der Waals surface area contributed by atoms with E-state index in [4.69, 9.17) is 0 Å². The fourth-order valence-electron chi connectivity index (χ4n) is 3.66. The van der Waals surface area contributed by atoms with E-state index < -0.39 is 6.04 Å². The first-order chi connectivity index (χ1) is 13.7. The minimum atomic E-state index is -0.500. The number of aromatic nitrogens is 6. The molecule has 1 amide bonds. The summed E-state index contributed by atoms with van der Waals surface area (Å²) in [5.41, 5.74) is 4.59. The predicted octanol–water partition coefficient (Wildman–Crippen LogP) is 1.40. The van der Waals surface area contributed by atoms with Gasteiger partial charge in [0.1, 0.15) is 18.2 Å². The Hall–Kier alpha value is -3.16. The van der Waals surface area contributed by atoms with Crippen molar-refractivity contribution in [1.82, 2.24) is 35.5 Å². The largest absolute Gasteiger partial charge is 0.354 e. The Balaban J connectivity index is 1.40. The van der Waals surface area contributed by atoms with Crippen molar-refractivity contribution in [3.63, 3.8) is 0 Å². The molecule has 0 saturated heterocycles. The van der Waals surface area contributed by atoms with E-state index in [1.54, 1.807) is 0 Å². The van der Waals surface area contributed by atoms with Gasteiger partial charge in [-0.15, -0.1) is 5.10 Å². The van der Waals surface area contributed by atoms with Crippen LogP contribution in [0.15, 0.2) is 36.7 Å². The molecule has 0 unspecified atom stereocenters. The van der Waals surface area contributed by atoms with E-state index >= 15 is 0 Å². The van der Waals surface area contributed by atoms with Crippen LogP contribution in [0, 0.1) is 6.92 Å². The second kappa shape index (κ2) is 8.24. The molecule has 0 saturated carbocycles. The van der Waals surface area contributed by atoms with Gasteiger partial charge in [0.2, 0.25) is 5.91 Å². The lowest BCUT2D eigenvalue weighted by molar-refractivity contribution is -0.124. The van der Waals surface area contributed by atoms with Gasteiger partial charge in [-0.2, -0.15) is 0 Å².